The molecule has 0 aliphatic heterocycles. The highest BCUT2D eigenvalue weighted by molar-refractivity contribution is 6.24. The van der Waals surface area contributed by atoms with Crippen LogP contribution in [0, 0.1) is 0 Å². The first-order chi connectivity index (χ1) is 34.4. The second-order valence-electron chi connectivity index (χ2n) is 19.1. The highest BCUT2D eigenvalue weighted by atomic mass is 16.7. The summed E-state index contributed by atoms with van der Waals surface area (Å²) in [4.78, 5) is 12.0. The van der Waals surface area contributed by atoms with Crippen molar-refractivity contribution in [2.75, 3.05) is 0 Å². The van der Waals surface area contributed by atoms with Crippen LogP contribution in [0.5, 0.6) is 5.75 Å². The fourth-order valence-corrected chi connectivity index (χ4v) is 9.24. The zero-order chi connectivity index (χ0) is 50.1. The number of aromatic nitrogens is 1. The SMILES string of the molecule is CC.CC(C)(C)OC(=O)Oc1ccc2ccc3cccc4ccc1c2c34.CC(C)c1ccccc1.CC(C)c1ccccc1.c1ccc2c(c1)cc(-n1c3ccccc3c3ccccc31)c1ccccc12. The third-order valence-corrected chi connectivity index (χ3v) is 12.6. The van der Waals surface area contributed by atoms with Crippen molar-refractivity contribution < 1.29 is 14.3 Å². The maximum absolute atomic E-state index is 12.0. The third kappa shape index (κ3) is 11.1. The van der Waals surface area contributed by atoms with Crippen molar-refractivity contribution in [1.82, 2.24) is 4.57 Å². The third-order valence-electron chi connectivity index (χ3n) is 12.6. The lowest BCUT2D eigenvalue weighted by Gasteiger charge is -2.19. The van der Waals surface area contributed by atoms with Gasteiger partial charge in [-0.25, -0.2) is 4.79 Å². The highest BCUT2D eigenvalue weighted by Crippen LogP contribution is 2.40. The van der Waals surface area contributed by atoms with Gasteiger partial charge in [-0.2, -0.15) is 0 Å². The lowest BCUT2D eigenvalue weighted by atomic mass is 9.94. The summed E-state index contributed by atoms with van der Waals surface area (Å²) in [6.07, 6.45) is -0.683. The smallest absolute Gasteiger partial charge is 0.428 e. The van der Waals surface area contributed by atoms with Crippen LogP contribution < -0.4 is 4.74 Å². The van der Waals surface area contributed by atoms with E-state index in [0.717, 1.165) is 16.2 Å². The summed E-state index contributed by atoms with van der Waals surface area (Å²) in [5.41, 5.74) is 5.98. The van der Waals surface area contributed by atoms with Crippen molar-refractivity contribution in [1.29, 1.82) is 0 Å². The Morgan fingerprint density at radius 1 is 0.408 bits per heavy atom. The van der Waals surface area contributed by atoms with Gasteiger partial charge in [0, 0.05) is 26.9 Å². The van der Waals surface area contributed by atoms with Crippen LogP contribution in [0.3, 0.4) is 0 Å². The molecule has 0 saturated carbocycles. The highest BCUT2D eigenvalue weighted by Gasteiger charge is 2.20. The quantitative estimate of drug-likeness (QED) is 0.100. The Bertz CT molecular complexity index is 3560. The molecule has 11 aromatic carbocycles. The number of benzene rings is 11. The predicted octanol–water partition coefficient (Wildman–Crippen LogP) is 19.6. The molecule has 0 amide bonds. The number of fused-ring (bicyclic) bond motifs is 6. The molecule has 0 unspecified atom stereocenters. The first-order valence-corrected chi connectivity index (χ1v) is 25.0. The maximum Gasteiger partial charge on any atom is 0.514 e. The van der Waals surface area contributed by atoms with Gasteiger partial charge in [-0.05, 0) is 112 Å². The largest absolute Gasteiger partial charge is 0.514 e. The molecule has 0 fully saturated rings. The predicted molar refractivity (Wildman–Crippen MR) is 305 cm³/mol. The number of hydrogen-bond acceptors (Lipinski definition) is 3. The van der Waals surface area contributed by atoms with E-state index >= 15 is 0 Å². The van der Waals surface area contributed by atoms with E-state index in [9.17, 15) is 4.79 Å². The lowest BCUT2D eigenvalue weighted by molar-refractivity contribution is 0.0209. The Morgan fingerprint density at radius 3 is 1.35 bits per heavy atom. The van der Waals surface area contributed by atoms with Gasteiger partial charge in [0.15, 0.2) is 0 Å². The van der Waals surface area contributed by atoms with Gasteiger partial charge in [-0.15, -0.1) is 0 Å². The molecule has 0 radical (unpaired) electrons. The number of carbonyl (C=O) groups is 1. The minimum atomic E-state index is -0.683. The van der Waals surface area contributed by atoms with Crippen LogP contribution in [0.4, 0.5) is 4.79 Å². The standard InChI is InChI=1S/C26H17N.C21H18O3.2C9H12.C2H6/c1-2-10-19-18(9-1)17-26(21-12-4-3-11-20(19)21)27-24-15-7-5-13-22(24)23-14-6-8-16-25(23)27;1-21(2,3)24-20(22)23-17-12-10-15-8-7-13-5-4-6-14-9-11-16(17)19(15)18(13)14;2*1-8(2)9-6-4-3-5-7-9;1-2/h1-17H;4-12H,1-3H3;2*3-8H,1-2H3;1-2H3. The molecule has 0 saturated heterocycles. The molecule has 4 heteroatoms. The molecule has 0 atom stereocenters. The minimum absolute atomic E-state index is 0.523. The molecule has 0 aliphatic carbocycles. The topological polar surface area (TPSA) is 40.5 Å². The molecule has 0 spiro atoms. The molecule has 71 heavy (non-hydrogen) atoms. The van der Waals surface area contributed by atoms with Crippen molar-refractivity contribution in [2.45, 2.75) is 79.8 Å². The summed E-state index contributed by atoms with van der Waals surface area (Å²) in [6.45, 7) is 18.3. The summed E-state index contributed by atoms with van der Waals surface area (Å²) < 4.78 is 13.2. The summed E-state index contributed by atoms with van der Waals surface area (Å²) >= 11 is 0. The average molecular weight is 932 g/mol. The molecule has 1 heterocycles. The van der Waals surface area contributed by atoms with Gasteiger partial charge >= 0.3 is 6.16 Å². The van der Waals surface area contributed by atoms with Gasteiger partial charge in [-0.3, -0.25) is 0 Å². The van der Waals surface area contributed by atoms with Crippen molar-refractivity contribution in [3.8, 4) is 11.4 Å². The second-order valence-corrected chi connectivity index (χ2v) is 19.1. The number of rotatable bonds is 4. The van der Waals surface area contributed by atoms with Crippen LogP contribution in [0.2, 0.25) is 0 Å². The van der Waals surface area contributed by atoms with Gasteiger partial charge in [0.25, 0.3) is 0 Å². The Kier molecular flexibility index (Phi) is 15.5. The van der Waals surface area contributed by atoms with Gasteiger partial charge in [0.1, 0.15) is 11.4 Å². The van der Waals surface area contributed by atoms with Gasteiger partial charge in [0.05, 0.1) is 16.7 Å². The van der Waals surface area contributed by atoms with E-state index in [0.29, 0.717) is 17.6 Å². The fourth-order valence-electron chi connectivity index (χ4n) is 9.24. The first kappa shape index (κ1) is 49.5. The number of nitrogens with zero attached hydrogens (tertiary/aromatic N) is 1. The molecule has 0 N–H and O–H groups in total. The zero-order valence-corrected chi connectivity index (χ0v) is 42.6. The zero-order valence-electron chi connectivity index (χ0n) is 42.6. The van der Waals surface area contributed by atoms with Crippen molar-refractivity contribution in [2.24, 2.45) is 0 Å². The Balaban J connectivity index is 0.000000139. The van der Waals surface area contributed by atoms with E-state index in [2.05, 4.69) is 220 Å². The van der Waals surface area contributed by atoms with Crippen molar-refractivity contribution in [3.63, 3.8) is 0 Å². The molecule has 12 aromatic rings. The van der Waals surface area contributed by atoms with E-state index < -0.39 is 11.8 Å². The molecule has 0 bridgehead atoms. The lowest BCUT2D eigenvalue weighted by Crippen LogP contribution is -2.26. The molecule has 0 aliphatic rings. The number of para-hydroxylation sites is 2. The van der Waals surface area contributed by atoms with E-state index in [-0.39, 0.29) is 0 Å². The van der Waals surface area contributed by atoms with Crippen LogP contribution in [0.1, 0.15) is 85.3 Å². The Labute approximate surface area is 419 Å². The van der Waals surface area contributed by atoms with Gasteiger partial charge < -0.3 is 14.0 Å². The fraction of sp³-hybridized carbons (Fsp3) is 0.179. The van der Waals surface area contributed by atoms with Crippen molar-refractivity contribution in [3.05, 3.63) is 230 Å². The summed E-state index contributed by atoms with van der Waals surface area (Å²) in [7, 11) is 0. The van der Waals surface area contributed by atoms with Crippen LogP contribution in [-0.4, -0.2) is 16.3 Å². The van der Waals surface area contributed by atoms with E-state index in [1.807, 2.05) is 65.0 Å². The van der Waals surface area contributed by atoms with Crippen LogP contribution in [0.25, 0.3) is 81.4 Å². The summed E-state index contributed by atoms with van der Waals surface area (Å²) in [6, 6.07) is 76.5. The molecule has 4 nitrogen and oxygen atoms in total. The summed E-state index contributed by atoms with van der Waals surface area (Å²) in [5, 5.41) is 14.5. The van der Waals surface area contributed by atoms with Crippen molar-refractivity contribution >= 4 is 81.8 Å². The van der Waals surface area contributed by atoms with Crippen LogP contribution >= 0.6 is 0 Å². The van der Waals surface area contributed by atoms with Crippen LogP contribution in [0.15, 0.2) is 218 Å². The van der Waals surface area contributed by atoms with E-state index in [1.54, 1.807) is 0 Å². The Morgan fingerprint density at radius 2 is 0.831 bits per heavy atom. The number of carbonyl (C=O) groups excluding carboxylic acids is 1. The van der Waals surface area contributed by atoms with E-state index in [4.69, 9.17) is 9.47 Å². The minimum Gasteiger partial charge on any atom is -0.428 e. The van der Waals surface area contributed by atoms with Crippen LogP contribution in [-0.2, 0) is 4.74 Å². The molecule has 12 rings (SSSR count). The number of ether oxygens (including phenoxy) is 2. The normalized spacial score (nSPS) is 11.2. The Hall–Kier alpha value is -7.95. The van der Waals surface area contributed by atoms with E-state index in [1.165, 1.54) is 76.3 Å². The molecule has 1 aromatic heterocycles. The maximum atomic E-state index is 12.0. The van der Waals surface area contributed by atoms with Gasteiger partial charge in [-0.1, -0.05) is 230 Å². The molecular formula is C67H65NO3. The average Bonchev–Trinajstić information content (AvgIpc) is 3.73. The number of hydrogen-bond donors (Lipinski definition) is 0. The monoisotopic (exact) mass is 931 g/mol. The molecular weight excluding hydrogens is 867 g/mol. The molecule has 356 valence electrons. The second kappa shape index (κ2) is 22.2. The van der Waals surface area contributed by atoms with Gasteiger partial charge in [0.2, 0.25) is 0 Å². The summed E-state index contributed by atoms with van der Waals surface area (Å²) in [5.74, 6) is 1.84. The first-order valence-electron chi connectivity index (χ1n) is 25.0.